The lowest BCUT2D eigenvalue weighted by Gasteiger charge is -2.35. The molecule has 1 fully saturated rings. The summed E-state index contributed by atoms with van der Waals surface area (Å²) in [6.07, 6.45) is 5.19. The Morgan fingerprint density at radius 1 is 1.36 bits per heavy atom. The van der Waals surface area contributed by atoms with Gasteiger partial charge in [0, 0.05) is 18.3 Å². The van der Waals surface area contributed by atoms with Gasteiger partial charge in [0.1, 0.15) is 0 Å². The molecule has 0 aliphatic carbocycles. The Morgan fingerprint density at radius 3 is 2.88 bits per heavy atom. The molecule has 1 amide bonds. The summed E-state index contributed by atoms with van der Waals surface area (Å²) < 4.78 is 1.91. The molecule has 6 heteroatoms. The topological polar surface area (TPSA) is 50.2 Å². The molecule has 2 atom stereocenters. The number of benzene rings is 1. The third-order valence-electron chi connectivity index (χ3n) is 4.91. The van der Waals surface area contributed by atoms with Crippen LogP contribution >= 0.6 is 11.6 Å². The molecule has 0 bridgehead atoms. The van der Waals surface area contributed by atoms with Gasteiger partial charge in [0.25, 0.3) is 0 Å². The number of carbonyl (C=O) groups is 1. The summed E-state index contributed by atoms with van der Waals surface area (Å²) in [4.78, 5) is 14.8. The monoisotopic (exact) mass is 360 g/mol. The van der Waals surface area contributed by atoms with Crippen molar-refractivity contribution in [2.24, 2.45) is 7.05 Å². The highest BCUT2D eigenvalue weighted by molar-refractivity contribution is 6.31. The second-order valence-corrected chi connectivity index (χ2v) is 7.08. The fourth-order valence-corrected chi connectivity index (χ4v) is 3.90. The van der Waals surface area contributed by atoms with Crippen LogP contribution in [0.25, 0.3) is 0 Å². The molecule has 0 unspecified atom stereocenters. The Morgan fingerprint density at radius 2 is 2.16 bits per heavy atom. The first kappa shape index (κ1) is 18.0. The van der Waals surface area contributed by atoms with Gasteiger partial charge in [-0.2, -0.15) is 5.10 Å². The molecule has 1 aromatic carbocycles. The van der Waals surface area contributed by atoms with E-state index in [1.165, 1.54) is 12.1 Å². The van der Waals surface area contributed by atoms with Crippen LogP contribution in [0.2, 0.25) is 5.02 Å². The number of aromatic nitrogens is 2. The van der Waals surface area contributed by atoms with Gasteiger partial charge in [0.2, 0.25) is 5.91 Å². The lowest BCUT2D eigenvalue weighted by Crippen LogP contribution is -2.42. The number of nitrogens with one attached hydrogen (secondary N) is 1. The normalized spacial score (nSPS) is 19.6. The highest BCUT2D eigenvalue weighted by atomic mass is 35.5. The second kappa shape index (κ2) is 8.02. The first-order valence-corrected chi connectivity index (χ1v) is 9.20. The molecule has 1 aliphatic heterocycles. The van der Waals surface area contributed by atoms with E-state index in [0.717, 1.165) is 24.9 Å². The van der Waals surface area contributed by atoms with Crippen molar-refractivity contribution in [1.82, 2.24) is 20.0 Å². The van der Waals surface area contributed by atoms with E-state index in [2.05, 4.69) is 15.3 Å². The molecule has 0 radical (unpaired) electrons. The average Bonchev–Trinajstić information content (AvgIpc) is 3.01. The molecule has 0 saturated carbocycles. The molecule has 25 heavy (non-hydrogen) atoms. The number of likely N-dealkylation sites (tertiary alicyclic amines) is 1. The van der Waals surface area contributed by atoms with Crippen molar-refractivity contribution in [2.45, 2.75) is 38.3 Å². The van der Waals surface area contributed by atoms with E-state index < -0.39 is 0 Å². The van der Waals surface area contributed by atoms with Crippen LogP contribution in [-0.4, -0.2) is 33.7 Å². The van der Waals surface area contributed by atoms with E-state index in [4.69, 9.17) is 11.6 Å². The first-order valence-electron chi connectivity index (χ1n) is 8.82. The smallest absolute Gasteiger partial charge is 0.234 e. The van der Waals surface area contributed by atoms with Gasteiger partial charge in [-0.25, -0.2) is 0 Å². The number of aryl methyl sites for hydroxylation is 1. The Labute approximate surface area is 154 Å². The van der Waals surface area contributed by atoms with Crippen LogP contribution in [0, 0.1) is 0 Å². The van der Waals surface area contributed by atoms with Crippen molar-refractivity contribution < 1.29 is 4.79 Å². The molecule has 5 nitrogen and oxygen atoms in total. The maximum atomic E-state index is 12.6. The lowest BCUT2D eigenvalue weighted by atomic mass is 9.99. The van der Waals surface area contributed by atoms with Crippen LogP contribution in [0.3, 0.4) is 0 Å². The van der Waals surface area contributed by atoms with Gasteiger partial charge < -0.3 is 5.32 Å². The fourth-order valence-electron chi connectivity index (χ4n) is 3.60. The number of halogens is 1. The fraction of sp³-hybridized carbons (Fsp3) is 0.474. The van der Waals surface area contributed by atoms with E-state index >= 15 is 0 Å². The molecule has 134 valence electrons. The Bertz CT molecular complexity index is 730. The van der Waals surface area contributed by atoms with E-state index in [1.54, 1.807) is 0 Å². The van der Waals surface area contributed by atoms with Crippen LogP contribution < -0.4 is 5.32 Å². The number of rotatable bonds is 5. The second-order valence-electron chi connectivity index (χ2n) is 6.67. The lowest BCUT2D eigenvalue weighted by molar-refractivity contribution is -0.123. The van der Waals surface area contributed by atoms with Crippen LogP contribution in [-0.2, 0) is 11.8 Å². The van der Waals surface area contributed by atoms with E-state index in [9.17, 15) is 4.79 Å². The standard InChI is InChI=1S/C19H25ClN4O/c1-14(15-7-3-4-8-16(15)20)22-19(25)13-24-12-6-5-9-18(24)17-10-11-21-23(17)2/h3-4,7-8,10-11,14,18H,5-6,9,12-13H2,1-2H3,(H,22,25)/t14-,18+/m0/s1. The maximum absolute atomic E-state index is 12.6. The average molecular weight is 361 g/mol. The van der Waals surface area contributed by atoms with Crippen LogP contribution in [0.4, 0.5) is 0 Å². The van der Waals surface area contributed by atoms with Crippen LogP contribution in [0.5, 0.6) is 0 Å². The molecule has 1 saturated heterocycles. The molecule has 1 aliphatic rings. The zero-order valence-electron chi connectivity index (χ0n) is 14.8. The van der Waals surface area contributed by atoms with Gasteiger partial charge in [0.05, 0.1) is 24.3 Å². The van der Waals surface area contributed by atoms with Crippen molar-refractivity contribution in [3.05, 3.63) is 52.8 Å². The molecule has 1 N–H and O–H groups in total. The van der Waals surface area contributed by atoms with Gasteiger partial charge in [-0.05, 0) is 44.0 Å². The zero-order chi connectivity index (χ0) is 17.8. The zero-order valence-corrected chi connectivity index (χ0v) is 15.5. The van der Waals surface area contributed by atoms with Crippen molar-refractivity contribution in [2.75, 3.05) is 13.1 Å². The van der Waals surface area contributed by atoms with Crippen molar-refractivity contribution in [1.29, 1.82) is 0 Å². The Balaban J connectivity index is 1.65. The third-order valence-corrected chi connectivity index (χ3v) is 5.25. The van der Waals surface area contributed by atoms with E-state index in [1.807, 2.05) is 55.2 Å². The molecular weight excluding hydrogens is 336 g/mol. The van der Waals surface area contributed by atoms with Crippen LogP contribution in [0.15, 0.2) is 36.5 Å². The summed E-state index contributed by atoms with van der Waals surface area (Å²) in [7, 11) is 1.96. The van der Waals surface area contributed by atoms with Crippen molar-refractivity contribution in [3.63, 3.8) is 0 Å². The molecule has 2 heterocycles. The molecule has 3 rings (SSSR count). The maximum Gasteiger partial charge on any atom is 0.234 e. The van der Waals surface area contributed by atoms with Gasteiger partial charge in [-0.1, -0.05) is 36.2 Å². The number of piperidine rings is 1. The van der Waals surface area contributed by atoms with E-state index in [0.29, 0.717) is 11.6 Å². The first-order chi connectivity index (χ1) is 12.1. The summed E-state index contributed by atoms with van der Waals surface area (Å²) in [5.41, 5.74) is 2.12. The van der Waals surface area contributed by atoms with Crippen LogP contribution in [0.1, 0.15) is 49.5 Å². The predicted octanol–water partition coefficient (Wildman–Crippen LogP) is 3.48. The predicted molar refractivity (Wildman–Crippen MR) is 99.4 cm³/mol. The van der Waals surface area contributed by atoms with Gasteiger partial charge in [0.15, 0.2) is 0 Å². The van der Waals surface area contributed by atoms with Gasteiger partial charge >= 0.3 is 0 Å². The molecule has 1 aromatic heterocycles. The van der Waals surface area contributed by atoms with Gasteiger partial charge in [-0.15, -0.1) is 0 Å². The minimum Gasteiger partial charge on any atom is -0.348 e. The van der Waals surface area contributed by atoms with Gasteiger partial charge in [-0.3, -0.25) is 14.4 Å². The highest BCUT2D eigenvalue weighted by Crippen LogP contribution is 2.30. The minimum absolute atomic E-state index is 0.0292. The molecule has 0 spiro atoms. The Kier molecular flexibility index (Phi) is 5.76. The summed E-state index contributed by atoms with van der Waals surface area (Å²) >= 11 is 6.23. The third kappa shape index (κ3) is 4.22. The summed E-state index contributed by atoms with van der Waals surface area (Å²) in [6, 6.07) is 9.82. The highest BCUT2D eigenvalue weighted by Gasteiger charge is 2.28. The quantitative estimate of drug-likeness (QED) is 0.888. The van der Waals surface area contributed by atoms with E-state index in [-0.39, 0.29) is 18.0 Å². The SMILES string of the molecule is C[C@H](NC(=O)CN1CCCC[C@@H]1c1ccnn1C)c1ccccc1Cl. The number of carbonyl (C=O) groups excluding carboxylic acids is 1. The molecular formula is C19H25ClN4O. The number of hydrogen-bond donors (Lipinski definition) is 1. The summed E-state index contributed by atoms with van der Waals surface area (Å²) in [6.45, 7) is 3.29. The Hall–Kier alpha value is -1.85. The van der Waals surface area contributed by atoms with Crippen molar-refractivity contribution in [3.8, 4) is 0 Å². The molecule has 2 aromatic rings. The minimum atomic E-state index is -0.110. The summed E-state index contributed by atoms with van der Waals surface area (Å²) in [5, 5.41) is 8.04. The number of amides is 1. The number of nitrogens with zero attached hydrogens (tertiary/aromatic N) is 3. The number of hydrogen-bond acceptors (Lipinski definition) is 3. The summed E-state index contributed by atoms with van der Waals surface area (Å²) in [5.74, 6) is 0.0292. The van der Waals surface area contributed by atoms with Crippen molar-refractivity contribution >= 4 is 17.5 Å². The largest absolute Gasteiger partial charge is 0.348 e.